The minimum absolute atomic E-state index is 0.0347. The molecule has 1 heterocycles. The number of aromatic nitrogens is 1. The number of carbonyl (C=O) groups excluding carboxylic acids is 2. The number of urea groups is 1. The van der Waals surface area contributed by atoms with Crippen molar-refractivity contribution >= 4 is 23.5 Å². The van der Waals surface area contributed by atoms with Crippen LogP contribution < -0.4 is 16.4 Å². The summed E-state index contributed by atoms with van der Waals surface area (Å²) in [6, 6.07) is 9.35. The topological polar surface area (TPSA) is 97.1 Å². The van der Waals surface area contributed by atoms with Gasteiger partial charge in [-0.05, 0) is 23.3 Å². The van der Waals surface area contributed by atoms with E-state index >= 15 is 0 Å². The first-order valence-electron chi connectivity index (χ1n) is 7.02. The van der Waals surface area contributed by atoms with Crippen LogP contribution in [0.25, 0.3) is 0 Å². The van der Waals surface area contributed by atoms with Crippen LogP contribution in [-0.2, 0) is 11.3 Å². The lowest BCUT2D eigenvalue weighted by Crippen LogP contribution is -2.36. The minimum atomic E-state index is -0.713. The molecule has 0 fully saturated rings. The Morgan fingerprint density at radius 2 is 2.00 bits per heavy atom. The third-order valence-electron chi connectivity index (χ3n) is 3.20. The molecule has 1 atom stereocenters. The van der Waals surface area contributed by atoms with Gasteiger partial charge in [0.1, 0.15) is 0 Å². The molecule has 3 amide bonds. The zero-order chi connectivity index (χ0) is 16.7. The van der Waals surface area contributed by atoms with E-state index in [-0.39, 0.29) is 12.3 Å². The molecule has 1 unspecified atom stereocenters. The number of rotatable bonds is 6. The molecule has 0 saturated carbocycles. The summed E-state index contributed by atoms with van der Waals surface area (Å²) in [6.45, 7) is 0.360. The second-order valence-electron chi connectivity index (χ2n) is 4.92. The lowest BCUT2D eigenvalue weighted by molar-refractivity contribution is -0.121. The van der Waals surface area contributed by atoms with Gasteiger partial charge in [0.25, 0.3) is 0 Å². The molecule has 4 N–H and O–H groups in total. The van der Waals surface area contributed by atoms with Crippen molar-refractivity contribution in [2.24, 2.45) is 5.73 Å². The Balaban J connectivity index is 2.01. The van der Waals surface area contributed by atoms with Crippen molar-refractivity contribution in [3.63, 3.8) is 0 Å². The molecule has 0 bridgehead atoms. The molecular weight excluding hydrogens is 316 g/mol. The number of primary amides is 1. The van der Waals surface area contributed by atoms with Gasteiger partial charge in [0, 0.05) is 24.0 Å². The molecule has 0 spiro atoms. The summed E-state index contributed by atoms with van der Waals surface area (Å²) in [5.41, 5.74) is 6.72. The summed E-state index contributed by atoms with van der Waals surface area (Å²) in [6.07, 6.45) is 3.37. The van der Waals surface area contributed by atoms with E-state index in [2.05, 4.69) is 15.6 Å². The fourth-order valence-corrected chi connectivity index (χ4v) is 2.40. The normalized spacial score (nSPS) is 11.5. The van der Waals surface area contributed by atoms with Gasteiger partial charge in [-0.3, -0.25) is 9.78 Å². The zero-order valence-electron chi connectivity index (χ0n) is 12.3. The second-order valence-corrected chi connectivity index (χ2v) is 5.33. The molecule has 2 rings (SSSR count). The van der Waals surface area contributed by atoms with Crippen LogP contribution in [0.15, 0.2) is 48.8 Å². The zero-order valence-corrected chi connectivity index (χ0v) is 13.1. The quantitative estimate of drug-likeness (QED) is 0.756. The van der Waals surface area contributed by atoms with E-state index in [1.165, 1.54) is 0 Å². The Kier molecular flexibility index (Phi) is 5.94. The number of benzene rings is 1. The fourth-order valence-electron chi connectivity index (χ4n) is 2.13. The van der Waals surface area contributed by atoms with E-state index in [0.717, 1.165) is 5.56 Å². The van der Waals surface area contributed by atoms with Crippen molar-refractivity contribution in [2.45, 2.75) is 19.0 Å². The number of amides is 3. The van der Waals surface area contributed by atoms with E-state index in [4.69, 9.17) is 17.3 Å². The van der Waals surface area contributed by atoms with E-state index in [1.807, 2.05) is 6.07 Å². The smallest absolute Gasteiger partial charge is 0.312 e. The predicted molar refractivity (Wildman–Crippen MR) is 87.6 cm³/mol. The molecular formula is C16H17ClN4O2. The molecule has 6 nitrogen and oxygen atoms in total. The second kappa shape index (κ2) is 8.14. The van der Waals surface area contributed by atoms with Gasteiger partial charge >= 0.3 is 6.03 Å². The minimum Gasteiger partial charge on any atom is -0.352 e. The van der Waals surface area contributed by atoms with Gasteiger partial charge in [0.05, 0.1) is 12.5 Å². The number of nitrogens with one attached hydrogen (secondary N) is 2. The molecule has 0 saturated heterocycles. The standard InChI is InChI=1S/C16H17ClN4O2/c17-13-6-2-1-5-12(13)14(21-16(18)23)8-15(22)20-10-11-4-3-7-19-9-11/h1-7,9,14H,8,10H2,(H,20,22)(H3,18,21,23). The fraction of sp³-hybridized carbons (Fsp3) is 0.188. The molecule has 0 aliphatic carbocycles. The van der Waals surface area contributed by atoms with Crippen LogP contribution in [0.5, 0.6) is 0 Å². The highest BCUT2D eigenvalue weighted by Gasteiger charge is 2.19. The highest BCUT2D eigenvalue weighted by Crippen LogP contribution is 2.24. The first-order valence-corrected chi connectivity index (χ1v) is 7.40. The number of hydrogen-bond donors (Lipinski definition) is 3. The van der Waals surface area contributed by atoms with Crippen LogP contribution in [0.3, 0.4) is 0 Å². The van der Waals surface area contributed by atoms with Crippen LogP contribution in [0.1, 0.15) is 23.6 Å². The summed E-state index contributed by atoms with van der Waals surface area (Å²) in [4.78, 5) is 27.3. The predicted octanol–water partition coefficient (Wildman–Crippen LogP) is 2.15. The van der Waals surface area contributed by atoms with Gasteiger partial charge in [0.2, 0.25) is 5.91 Å². The average Bonchev–Trinajstić information content (AvgIpc) is 2.53. The monoisotopic (exact) mass is 332 g/mol. The van der Waals surface area contributed by atoms with Crippen molar-refractivity contribution in [1.29, 1.82) is 0 Å². The van der Waals surface area contributed by atoms with Crippen molar-refractivity contribution in [1.82, 2.24) is 15.6 Å². The Hall–Kier alpha value is -2.60. The number of nitrogens with two attached hydrogens (primary N) is 1. The molecule has 0 radical (unpaired) electrons. The summed E-state index contributed by atoms with van der Waals surface area (Å²) in [7, 11) is 0. The number of hydrogen-bond acceptors (Lipinski definition) is 3. The molecule has 1 aromatic heterocycles. The SMILES string of the molecule is NC(=O)NC(CC(=O)NCc1cccnc1)c1ccccc1Cl. The third-order valence-corrected chi connectivity index (χ3v) is 3.54. The maximum atomic E-state index is 12.1. The van der Waals surface area contributed by atoms with Crippen molar-refractivity contribution in [3.8, 4) is 0 Å². The summed E-state index contributed by atoms with van der Waals surface area (Å²) in [5, 5.41) is 5.79. The lowest BCUT2D eigenvalue weighted by Gasteiger charge is -2.19. The summed E-state index contributed by atoms with van der Waals surface area (Å²) >= 11 is 6.13. The Bertz CT molecular complexity index is 679. The Labute approximate surface area is 139 Å². The summed E-state index contributed by atoms with van der Waals surface area (Å²) in [5.74, 6) is -0.229. The molecule has 1 aromatic carbocycles. The van der Waals surface area contributed by atoms with E-state index in [9.17, 15) is 9.59 Å². The molecule has 2 aromatic rings. The van der Waals surface area contributed by atoms with Crippen LogP contribution in [0.2, 0.25) is 5.02 Å². The van der Waals surface area contributed by atoms with Gasteiger partial charge in [-0.2, -0.15) is 0 Å². The molecule has 7 heteroatoms. The highest BCUT2D eigenvalue weighted by atomic mass is 35.5. The van der Waals surface area contributed by atoms with Crippen LogP contribution in [0, 0.1) is 0 Å². The number of pyridine rings is 1. The number of halogens is 1. The maximum absolute atomic E-state index is 12.1. The van der Waals surface area contributed by atoms with E-state index in [0.29, 0.717) is 17.1 Å². The summed E-state index contributed by atoms with van der Waals surface area (Å²) < 4.78 is 0. The van der Waals surface area contributed by atoms with Gasteiger partial charge in [-0.1, -0.05) is 35.9 Å². The van der Waals surface area contributed by atoms with Gasteiger partial charge in [0.15, 0.2) is 0 Å². The molecule has 23 heavy (non-hydrogen) atoms. The average molecular weight is 333 g/mol. The number of carbonyl (C=O) groups is 2. The van der Waals surface area contributed by atoms with E-state index in [1.54, 1.807) is 42.7 Å². The first-order chi connectivity index (χ1) is 11.1. The molecule has 0 aliphatic rings. The van der Waals surface area contributed by atoms with Crippen LogP contribution in [0.4, 0.5) is 4.79 Å². The van der Waals surface area contributed by atoms with Gasteiger partial charge in [-0.15, -0.1) is 0 Å². The van der Waals surface area contributed by atoms with Crippen LogP contribution >= 0.6 is 11.6 Å². The maximum Gasteiger partial charge on any atom is 0.312 e. The molecule has 0 aliphatic heterocycles. The first kappa shape index (κ1) is 16.8. The Morgan fingerprint density at radius 3 is 2.65 bits per heavy atom. The number of nitrogens with zero attached hydrogens (tertiary/aromatic N) is 1. The highest BCUT2D eigenvalue weighted by molar-refractivity contribution is 6.31. The van der Waals surface area contributed by atoms with Crippen molar-refractivity contribution in [3.05, 3.63) is 64.9 Å². The van der Waals surface area contributed by atoms with Crippen molar-refractivity contribution in [2.75, 3.05) is 0 Å². The molecule has 120 valence electrons. The van der Waals surface area contributed by atoms with Crippen LogP contribution in [-0.4, -0.2) is 16.9 Å². The van der Waals surface area contributed by atoms with E-state index < -0.39 is 12.1 Å². The Morgan fingerprint density at radius 1 is 1.22 bits per heavy atom. The van der Waals surface area contributed by atoms with Gasteiger partial charge < -0.3 is 16.4 Å². The van der Waals surface area contributed by atoms with Crippen molar-refractivity contribution < 1.29 is 9.59 Å². The largest absolute Gasteiger partial charge is 0.352 e. The third kappa shape index (κ3) is 5.27. The van der Waals surface area contributed by atoms with Gasteiger partial charge in [-0.25, -0.2) is 4.79 Å². The lowest BCUT2D eigenvalue weighted by atomic mass is 10.0.